The van der Waals surface area contributed by atoms with E-state index in [1.54, 1.807) is 25.1 Å². The van der Waals surface area contributed by atoms with Crippen molar-refractivity contribution in [2.75, 3.05) is 13.1 Å². The van der Waals surface area contributed by atoms with E-state index in [1.807, 2.05) is 0 Å². The molecule has 3 aromatic rings. The minimum absolute atomic E-state index is 0.0105. The maximum Gasteiger partial charge on any atom is 0.229 e. The second-order valence-electron chi connectivity index (χ2n) is 7.15. The Morgan fingerprint density at radius 1 is 1.03 bits per heavy atom. The Morgan fingerprint density at radius 2 is 1.76 bits per heavy atom. The van der Waals surface area contributed by atoms with E-state index in [1.165, 1.54) is 18.2 Å². The molecule has 152 valence electrons. The van der Waals surface area contributed by atoms with Gasteiger partial charge in [-0.2, -0.15) is 0 Å². The fraction of sp³-hybridized carbons (Fsp3) is 0.318. The van der Waals surface area contributed by atoms with Crippen LogP contribution in [0.5, 0.6) is 5.75 Å². The number of piperidine rings is 1. The molecule has 0 amide bonds. The first-order chi connectivity index (χ1) is 14.0. The van der Waals surface area contributed by atoms with Crippen LogP contribution in [0.4, 0.5) is 13.2 Å². The summed E-state index contributed by atoms with van der Waals surface area (Å²) in [6.07, 6.45) is 1.48. The molecule has 0 N–H and O–H groups in total. The second-order valence-corrected chi connectivity index (χ2v) is 7.15. The molecule has 0 aliphatic carbocycles. The standard InChI is InChI=1S/C22H21F3N2O2/c1-14-19(26-22(28-14)16-5-4-7-18(24)21(16)25)13-27-11-9-15(10-12-27)29-20-8-3-2-6-17(20)23/h2-8,15H,9-13H2,1H3. The molecule has 0 bridgehead atoms. The lowest BCUT2D eigenvalue weighted by Crippen LogP contribution is -2.38. The molecule has 2 aromatic carbocycles. The van der Waals surface area contributed by atoms with Crippen LogP contribution in [0.2, 0.25) is 0 Å². The highest BCUT2D eigenvalue weighted by Crippen LogP contribution is 2.27. The van der Waals surface area contributed by atoms with Crippen molar-refractivity contribution < 1.29 is 22.3 Å². The molecular weight excluding hydrogens is 381 g/mol. The van der Waals surface area contributed by atoms with Gasteiger partial charge in [-0.15, -0.1) is 0 Å². The molecule has 0 spiro atoms. The molecular formula is C22H21F3N2O2. The highest BCUT2D eigenvalue weighted by atomic mass is 19.2. The summed E-state index contributed by atoms with van der Waals surface area (Å²) >= 11 is 0. The number of likely N-dealkylation sites (tertiary alicyclic amines) is 1. The number of para-hydroxylation sites is 1. The van der Waals surface area contributed by atoms with Crippen molar-refractivity contribution in [3.8, 4) is 17.2 Å². The third-order valence-corrected chi connectivity index (χ3v) is 5.11. The SMILES string of the molecule is Cc1oc(-c2cccc(F)c2F)nc1CN1CCC(Oc2ccccc2F)CC1. The molecule has 0 saturated carbocycles. The smallest absolute Gasteiger partial charge is 0.229 e. The Labute approximate surface area is 166 Å². The fourth-order valence-corrected chi connectivity index (χ4v) is 3.48. The number of rotatable bonds is 5. The number of oxazole rings is 1. The molecule has 1 aliphatic heterocycles. The number of hydrogen-bond acceptors (Lipinski definition) is 4. The minimum atomic E-state index is -0.966. The molecule has 1 aliphatic rings. The molecule has 1 saturated heterocycles. The summed E-state index contributed by atoms with van der Waals surface area (Å²) in [7, 11) is 0. The van der Waals surface area contributed by atoms with E-state index < -0.39 is 11.6 Å². The summed E-state index contributed by atoms with van der Waals surface area (Å²) in [6.45, 7) is 3.82. The van der Waals surface area contributed by atoms with E-state index in [0.29, 0.717) is 18.0 Å². The lowest BCUT2D eigenvalue weighted by molar-refractivity contribution is 0.0927. The lowest BCUT2D eigenvalue weighted by atomic mass is 10.1. The van der Waals surface area contributed by atoms with Gasteiger partial charge >= 0.3 is 0 Å². The molecule has 0 unspecified atom stereocenters. The maximum atomic E-state index is 14.0. The first-order valence-electron chi connectivity index (χ1n) is 9.55. The van der Waals surface area contributed by atoms with E-state index in [2.05, 4.69) is 9.88 Å². The Balaban J connectivity index is 1.38. The number of halogens is 3. The first kappa shape index (κ1) is 19.5. The van der Waals surface area contributed by atoms with Gasteiger partial charge in [0.1, 0.15) is 11.9 Å². The predicted molar refractivity (Wildman–Crippen MR) is 102 cm³/mol. The van der Waals surface area contributed by atoms with Gasteiger partial charge in [-0.25, -0.2) is 18.2 Å². The predicted octanol–water partition coefficient (Wildman–Crippen LogP) is 5.11. The zero-order valence-electron chi connectivity index (χ0n) is 16.0. The Hall–Kier alpha value is -2.80. The third kappa shape index (κ3) is 4.29. The van der Waals surface area contributed by atoms with Crippen molar-refractivity contribution in [3.05, 3.63) is 71.4 Å². The van der Waals surface area contributed by atoms with Crippen LogP contribution in [0.1, 0.15) is 24.3 Å². The first-order valence-corrected chi connectivity index (χ1v) is 9.55. The van der Waals surface area contributed by atoms with Gasteiger partial charge in [0.05, 0.1) is 11.3 Å². The summed E-state index contributed by atoms with van der Waals surface area (Å²) in [4.78, 5) is 6.57. The summed E-state index contributed by atoms with van der Waals surface area (Å²) in [6, 6.07) is 10.3. The zero-order chi connectivity index (χ0) is 20.4. The van der Waals surface area contributed by atoms with Crippen LogP contribution in [-0.4, -0.2) is 29.1 Å². The molecule has 4 nitrogen and oxygen atoms in total. The summed E-state index contributed by atoms with van der Waals surface area (Å²) in [5.41, 5.74) is 0.702. The molecule has 1 fully saturated rings. The lowest BCUT2D eigenvalue weighted by Gasteiger charge is -2.31. The van der Waals surface area contributed by atoms with Crippen molar-refractivity contribution in [3.63, 3.8) is 0 Å². The van der Waals surface area contributed by atoms with Crippen molar-refractivity contribution in [2.24, 2.45) is 0 Å². The molecule has 4 rings (SSSR count). The maximum absolute atomic E-state index is 14.0. The van der Waals surface area contributed by atoms with Gasteiger partial charge in [0, 0.05) is 19.6 Å². The molecule has 7 heteroatoms. The fourth-order valence-electron chi connectivity index (χ4n) is 3.48. The van der Waals surface area contributed by atoms with Crippen molar-refractivity contribution in [2.45, 2.75) is 32.4 Å². The molecule has 2 heterocycles. The normalized spacial score (nSPS) is 15.6. The van der Waals surface area contributed by atoms with Gasteiger partial charge in [-0.3, -0.25) is 4.90 Å². The van der Waals surface area contributed by atoms with Crippen LogP contribution in [0.15, 0.2) is 46.9 Å². The van der Waals surface area contributed by atoms with Gasteiger partial charge in [0.15, 0.2) is 23.2 Å². The monoisotopic (exact) mass is 402 g/mol. The zero-order valence-corrected chi connectivity index (χ0v) is 16.0. The van der Waals surface area contributed by atoms with E-state index >= 15 is 0 Å². The minimum Gasteiger partial charge on any atom is -0.487 e. The largest absolute Gasteiger partial charge is 0.487 e. The quantitative estimate of drug-likeness (QED) is 0.594. The molecule has 29 heavy (non-hydrogen) atoms. The van der Waals surface area contributed by atoms with Gasteiger partial charge in [0.2, 0.25) is 5.89 Å². The highest BCUT2D eigenvalue weighted by molar-refractivity contribution is 5.54. The van der Waals surface area contributed by atoms with Crippen LogP contribution >= 0.6 is 0 Å². The van der Waals surface area contributed by atoms with Crippen molar-refractivity contribution in [1.29, 1.82) is 0 Å². The number of aryl methyl sites for hydroxylation is 1. The topological polar surface area (TPSA) is 38.5 Å². The number of ether oxygens (including phenoxy) is 1. The van der Waals surface area contributed by atoms with E-state index in [-0.39, 0.29) is 29.1 Å². The van der Waals surface area contributed by atoms with Crippen LogP contribution in [-0.2, 0) is 6.54 Å². The van der Waals surface area contributed by atoms with Gasteiger partial charge in [0.25, 0.3) is 0 Å². The van der Waals surface area contributed by atoms with Crippen molar-refractivity contribution >= 4 is 0 Å². The van der Waals surface area contributed by atoms with Crippen LogP contribution in [0.25, 0.3) is 11.5 Å². The summed E-state index contributed by atoms with van der Waals surface area (Å²) in [5.74, 6) is -1.32. The highest BCUT2D eigenvalue weighted by Gasteiger charge is 2.24. The average molecular weight is 402 g/mol. The van der Waals surface area contributed by atoms with E-state index in [9.17, 15) is 13.2 Å². The summed E-state index contributed by atoms with van der Waals surface area (Å²) < 4.78 is 52.6. The van der Waals surface area contributed by atoms with Crippen LogP contribution < -0.4 is 4.74 Å². The van der Waals surface area contributed by atoms with Crippen LogP contribution in [0, 0.1) is 24.4 Å². The molecule has 0 radical (unpaired) electrons. The Morgan fingerprint density at radius 3 is 2.52 bits per heavy atom. The average Bonchev–Trinajstić information content (AvgIpc) is 3.07. The van der Waals surface area contributed by atoms with Crippen molar-refractivity contribution in [1.82, 2.24) is 9.88 Å². The Kier molecular flexibility index (Phi) is 5.58. The van der Waals surface area contributed by atoms with Gasteiger partial charge in [-0.1, -0.05) is 18.2 Å². The number of aromatic nitrogens is 1. The van der Waals surface area contributed by atoms with Gasteiger partial charge < -0.3 is 9.15 Å². The summed E-state index contributed by atoms with van der Waals surface area (Å²) in [5, 5.41) is 0. The number of benzene rings is 2. The Bertz CT molecular complexity index is 997. The molecule has 1 aromatic heterocycles. The third-order valence-electron chi connectivity index (χ3n) is 5.11. The van der Waals surface area contributed by atoms with E-state index in [0.717, 1.165) is 32.0 Å². The van der Waals surface area contributed by atoms with E-state index in [4.69, 9.17) is 9.15 Å². The second kappa shape index (κ2) is 8.29. The number of nitrogens with zero attached hydrogens (tertiary/aromatic N) is 2. The molecule has 0 atom stereocenters. The van der Waals surface area contributed by atoms with Gasteiger partial charge in [-0.05, 0) is 44.0 Å². The number of hydrogen-bond donors (Lipinski definition) is 0. The van der Waals surface area contributed by atoms with Crippen LogP contribution in [0.3, 0.4) is 0 Å².